The van der Waals surface area contributed by atoms with Crippen molar-refractivity contribution in [2.45, 2.75) is 5.92 Å². The Labute approximate surface area is 97.8 Å². The van der Waals surface area contributed by atoms with Crippen molar-refractivity contribution in [3.8, 4) is 0 Å². The standard InChI is InChI=1S/C12H13BrN2/c1-14-6-9(7-14)11-8-15(13)12-5-3-2-4-10(11)12/h2-5,8-9H,6-7H2,1H3. The molecule has 3 heteroatoms. The van der Waals surface area contributed by atoms with Crippen LogP contribution in [0.4, 0.5) is 0 Å². The molecule has 0 saturated carbocycles. The Bertz CT molecular complexity index is 497. The van der Waals surface area contributed by atoms with Crippen LogP contribution in [0.2, 0.25) is 0 Å². The summed E-state index contributed by atoms with van der Waals surface area (Å²) in [6.07, 6.45) is 2.21. The average Bonchev–Trinajstić information content (AvgIpc) is 2.52. The number of hydrogen-bond donors (Lipinski definition) is 0. The number of rotatable bonds is 1. The number of benzene rings is 1. The molecule has 1 aliphatic heterocycles. The molecule has 1 saturated heterocycles. The highest BCUT2D eigenvalue weighted by atomic mass is 79.9. The van der Waals surface area contributed by atoms with Gasteiger partial charge in [0.25, 0.3) is 0 Å². The van der Waals surface area contributed by atoms with Crippen molar-refractivity contribution >= 4 is 27.1 Å². The van der Waals surface area contributed by atoms with Crippen LogP contribution in [-0.2, 0) is 0 Å². The van der Waals surface area contributed by atoms with Gasteiger partial charge in [-0.15, -0.1) is 0 Å². The Morgan fingerprint density at radius 2 is 2.00 bits per heavy atom. The summed E-state index contributed by atoms with van der Waals surface area (Å²) in [7, 11) is 2.17. The minimum atomic E-state index is 0.707. The molecule has 0 aliphatic carbocycles. The first-order valence-corrected chi connectivity index (χ1v) is 5.91. The third kappa shape index (κ3) is 1.42. The zero-order valence-electron chi connectivity index (χ0n) is 8.65. The summed E-state index contributed by atoms with van der Waals surface area (Å²) < 4.78 is 2.05. The molecule has 1 aromatic heterocycles. The molecular formula is C12H13BrN2. The van der Waals surface area contributed by atoms with Crippen LogP contribution in [0.5, 0.6) is 0 Å². The van der Waals surface area contributed by atoms with E-state index in [1.54, 1.807) is 0 Å². The van der Waals surface area contributed by atoms with Crippen molar-refractivity contribution in [3.05, 3.63) is 36.0 Å². The SMILES string of the molecule is CN1CC(c2cn(Br)c3ccccc23)C1. The molecule has 1 fully saturated rings. The molecule has 2 heterocycles. The maximum Gasteiger partial charge on any atom is 0.0594 e. The Hall–Kier alpha value is -0.800. The fraction of sp³-hybridized carbons (Fsp3) is 0.333. The van der Waals surface area contributed by atoms with Crippen LogP contribution in [0.1, 0.15) is 11.5 Å². The lowest BCUT2D eigenvalue weighted by atomic mass is 9.92. The summed E-state index contributed by atoms with van der Waals surface area (Å²) >= 11 is 3.56. The molecule has 0 atom stereocenters. The molecule has 1 aliphatic rings. The lowest BCUT2D eigenvalue weighted by Gasteiger charge is -2.36. The Morgan fingerprint density at radius 3 is 2.73 bits per heavy atom. The second-order valence-electron chi connectivity index (χ2n) is 4.33. The van der Waals surface area contributed by atoms with E-state index in [-0.39, 0.29) is 0 Å². The highest BCUT2D eigenvalue weighted by molar-refractivity contribution is 9.08. The molecule has 0 amide bonds. The van der Waals surface area contributed by atoms with Gasteiger partial charge in [-0.3, -0.25) is 3.59 Å². The van der Waals surface area contributed by atoms with E-state index in [1.807, 2.05) is 0 Å². The van der Waals surface area contributed by atoms with Crippen molar-refractivity contribution < 1.29 is 0 Å². The smallest absolute Gasteiger partial charge is 0.0594 e. The zero-order chi connectivity index (χ0) is 10.4. The van der Waals surface area contributed by atoms with Gasteiger partial charge in [0.05, 0.1) is 21.7 Å². The first-order chi connectivity index (χ1) is 7.25. The molecule has 0 bridgehead atoms. The maximum absolute atomic E-state index is 3.56. The number of nitrogens with zero attached hydrogens (tertiary/aromatic N) is 2. The first-order valence-electron chi connectivity index (χ1n) is 5.20. The van der Waals surface area contributed by atoms with Crippen LogP contribution < -0.4 is 0 Å². The van der Waals surface area contributed by atoms with E-state index in [0.29, 0.717) is 5.92 Å². The van der Waals surface area contributed by atoms with Crippen molar-refractivity contribution in [1.29, 1.82) is 0 Å². The highest BCUT2D eigenvalue weighted by Crippen LogP contribution is 2.33. The molecule has 3 rings (SSSR count). The van der Waals surface area contributed by atoms with E-state index >= 15 is 0 Å². The van der Waals surface area contributed by atoms with Gasteiger partial charge in [-0.25, -0.2) is 0 Å². The van der Waals surface area contributed by atoms with Crippen LogP contribution in [0, 0.1) is 0 Å². The molecule has 2 nitrogen and oxygen atoms in total. The summed E-state index contributed by atoms with van der Waals surface area (Å²) in [5, 5.41) is 1.38. The van der Waals surface area contributed by atoms with Gasteiger partial charge in [0.2, 0.25) is 0 Å². The number of fused-ring (bicyclic) bond motifs is 1. The van der Waals surface area contributed by atoms with Crippen molar-refractivity contribution in [2.75, 3.05) is 20.1 Å². The van der Waals surface area contributed by atoms with Gasteiger partial charge in [0.15, 0.2) is 0 Å². The van der Waals surface area contributed by atoms with Gasteiger partial charge < -0.3 is 4.90 Å². The molecule has 0 spiro atoms. The van der Waals surface area contributed by atoms with Crippen LogP contribution in [0.15, 0.2) is 30.5 Å². The number of likely N-dealkylation sites (N-methyl/N-ethyl adjacent to an activating group) is 1. The highest BCUT2D eigenvalue weighted by Gasteiger charge is 2.27. The zero-order valence-corrected chi connectivity index (χ0v) is 10.2. The lowest BCUT2D eigenvalue weighted by molar-refractivity contribution is 0.190. The van der Waals surface area contributed by atoms with Gasteiger partial charge in [-0.2, -0.15) is 0 Å². The van der Waals surface area contributed by atoms with Gasteiger partial charge in [0.1, 0.15) is 0 Å². The van der Waals surface area contributed by atoms with Crippen LogP contribution in [0.3, 0.4) is 0 Å². The Kier molecular flexibility index (Phi) is 2.11. The molecular weight excluding hydrogens is 252 g/mol. The van der Waals surface area contributed by atoms with Gasteiger partial charge >= 0.3 is 0 Å². The molecule has 15 heavy (non-hydrogen) atoms. The van der Waals surface area contributed by atoms with E-state index < -0.39 is 0 Å². The minimum absolute atomic E-state index is 0.707. The van der Waals surface area contributed by atoms with Crippen molar-refractivity contribution in [2.24, 2.45) is 0 Å². The van der Waals surface area contributed by atoms with Crippen LogP contribution in [0.25, 0.3) is 10.9 Å². The third-order valence-electron chi connectivity index (χ3n) is 3.20. The number of hydrogen-bond acceptors (Lipinski definition) is 1. The van der Waals surface area contributed by atoms with Crippen molar-refractivity contribution in [3.63, 3.8) is 0 Å². The topological polar surface area (TPSA) is 8.17 Å². The predicted molar refractivity (Wildman–Crippen MR) is 66.5 cm³/mol. The number of halogens is 1. The Morgan fingerprint density at radius 1 is 1.27 bits per heavy atom. The molecule has 78 valence electrons. The van der Waals surface area contributed by atoms with Crippen molar-refractivity contribution in [1.82, 2.24) is 8.49 Å². The number of likely N-dealkylation sites (tertiary alicyclic amines) is 1. The quantitative estimate of drug-likeness (QED) is 0.769. The molecule has 0 radical (unpaired) electrons. The Balaban J connectivity index is 2.11. The van der Waals surface area contributed by atoms with Crippen LogP contribution in [-0.4, -0.2) is 28.6 Å². The average molecular weight is 265 g/mol. The van der Waals surface area contributed by atoms with E-state index in [9.17, 15) is 0 Å². The van der Waals surface area contributed by atoms with E-state index in [4.69, 9.17) is 0 Å². The monoisotopic (exact) mass is 264 g/mol. The number of para-hydroxylation sites is 1. The largest absolute Gasteiger partial charge is 0.305 e. The van der Waals surface area contributed by atoms with E-state index in [2.05, 4.69) is 62.2 Å². The third-order valence-corrected chi connectivity index (χ3v) is 3.79. The van der Waals surface area contributed by atoms with Crippen LogP contribution >= 0.6 is 16.1 Å². The normalized spacial score (nSPS) is 18.3. The molecule has 0 N–H and O–H groups in total. The summed E-state index contributed by atoms with van der Waals surface area (Å²) in [5.41, 5.74) is 2.74. The fourth-order valence-corrected chi connectivity index (χ4v) is 2.92. The summed E-state index contributed by atoms with van der Waals surface area (Å²) in [4.78, 5) is 2.35. The summed E-state index contributed by atoms with van der Waals surface area (Å²) in [6, 6.07) is 8.55. The molecule has 2 aromatic rings. The van der Waals surface area contributed by atoms with E-state index in [0.717, 1.165) is 0 Å². The predicted octanol–water partition coefficient (Wildman–Crippen LogP) is 2.83. The van der Waals surface area contributed by atoms with Gasteiger partial charge in [-0.05, 0) is 18.7 Å². The second-order valence-corrected chi connectivity index (χ2v) is 5.10. The summed E-state index contributed by atoms with van der Waals surface area (Å²) in [5.74, 6) is 0.707. The maximum atomic E-state index is 3.56. The van der Waals surface area contributed by atoms with Gasteiger partial charge in [0, 0.05) is 30.6 Å². The van der Waals surface area contributed by atoms with E-state index in [1.165, 1.54) is 29.6 Å². The fourth-order valence-electron chi connectivity index (χ4n) is 2.39. The first kappa shape index (κ1) is 9.43. The minimum Gasteiger partial charge on any atom is -0.305 e. The van der Waals surface area contributed by atoms with Gasteiger partial charge in [-0.1, -0.05) is 18.2 Å². The molecule has 0 unspecified atom stereocenters. The summed E-state index contributed by atoms with van der Waals surface area (Å²) in [6.45, 7) is 2.36. The molecule has 1 aromatic carbocycles. The number of aromatic nitrogens is 1. The lowest BCUT2D eigenvalue weighted by Crippen LogP contribution is -2.41. The second kappa shape index (κ2) is 3.35.